The van der Waals surface area contributed by atoms with Crippen LogP contribution in [0.2, 0.25) is 0 Å². The highest BCUT2D eigenvalue weighted by Gasteiger charge is 2.10. The molecule has 4 nitrogen and oxygen atoms in total. The molecule has 1 aromatic carbocycles. The van der Waals surface area contributed by atoms with Gasteiger partial charge in [0.1, 0.15) is 5.01 Å². The monoisotopic (exact) mass is 275 g/mol. The molecule has 0 saturated heterocycles. The summed E-state index contributed by atoms with van der Waals surface area (Å²) in [5.74, 6) is -0.0723. The first-order valence-electron chi connectivity index (χ1n) is 6.18. The Morgan fingerprint density at radius 1 is 1.42 bits per heavy atom. The van der Waals surface area contributed by atoms with Gasteiger partial charge in [-0.25, -0.2) is 4.98 Å². The smallest absolute Gasteiger partial charge is 0.251 e. The van der Waals surface area contributed by atoms with Gasteiger partial charge in [-0.05, 0) is 31.5 Å². The summed E-state index contributed by atoms with van der Waals surface area (Å²) in [6, 6.07) is 7.55. The molecule has 0 aliphatic rings. The Hall–Kier alpha value is -1.72. The number of thiazole rings is 1. The third kappa shape index (κ3) is 3.62. The zero-order valence-electron chi connectivity index (χ0n) is 10.8. The molecular weight excluding hydrogens is 258 g/mol. The van der Waals surface area contributed by atoms with Crippen LogP contribution in [0.4, 0.5) is 0 Å². The van der Waals surface area contributed by atoms with Gasteiger partial charge in [-0.2, -0.15) is 0 Å². The molecule has 0 spiro atoms. The van der Waals surface area contributed by atoms with Crippen molar-refractivity contribution in [2.24, 2.45) is 5.73 Å². The number of nitrogens with zero attached hydrogens (tertiary/aromatic N) is 1. The number of nitrogens with one attached hydrogen (secondary N) is 1. The summed E-state index contributed by atoms with van der Waals surface area (Å²) in [7, 11) is 0. The molecule has 3 N–H and O–H groups in total. The van der Waals surface area contributed by atoms with Gasteiger partial charge in [0.25, 0.3) is 5.91 Å². The van der Waals surface area contributed by atoms with Crippen LogP contribution in [-0.4, -0.2) is 17.4 Å². The summed E-state index contributed by atoms with van der Waals surface area (Å²) in [4.78, 5) is 16.5. The maximum atomic E-state index is 12.1. The minimum absolute atomic E-state index is 0.0723. The number of carbonyl (C=O) groups excluding carboxylic acids is 1. The predicted octanol–water partition coefficient (Wildman–Crippen LogP) is 1.88. The van der Waals surface area contributed by atoms with E-state index in [1.54, 1.807) is 11.3 Å². The van der Waals surface area contributed by atoms with Crippen LogP contribution >= 0.6 is 11.3 Å². The van der Waals surface area contributed by atoms with Gasteiger partial charge in [0.15, 0.2) is 0 Å². The number of hydrogen-bond acceptors (Lipinski definition) is 4. The van der Waals surface area contributed by atoms with Crippen LogP contribution in [-0.2, 0) is 13.0 Å². The summed E-state index contributed by atoms with van der Waals surface area (Å²) < 4.78 is 0. The van der Waals surface area contributed by atoms with Gasteiger partial charge in [-0.3, -0.25) is 4.79 Å². The van der Waals surface area contributed by atoms with E-state index in [1.807, 2.05) is 36.6 Å². The van der Waals surface area contributed by atoms with Crippen molar-refractivity contribution in [2.45, 2.75) is 19.9 Å². The van der Waals surface area contributed by atoms with E-state index in [0.717, 1.165) is 16.3 Å². The van der Waals surface area contributed by atoms with Crippen molar-refractivity contribution in [3.63, 3.8) is 0 Å². The largest absolute Gasteiger partial charge is 0.346 e. The van der Waals surface area contributed by atoms with E-state index in [-0.39, 0.29) is 5.91 Å². The van der Waals surface area contributed by atoms with Crippen LogP contribution < -0.4 is 11.1 Å². The van der Waals surface area contributed by atoms with Gasteiger partial charge >= 0.3 is 0 Å². The molecule has 100 valence electrons. The van der Waals surface area contributed by atoms with Crippen LogP contribution in [0, 0.1) is 6.92 Å². The third-order valence-corrected chi connectivity index (χ3v) is 3.71. The highest BCUT2D eigenvalue weighted by Crippen LogP contribution is 2.11. The number of amides is 1. The molecule has 2 aromatic rings. The van der Waals surface area contributed by atoms with Crippen molar-refractivity contribution >= 4 is 17.2 Å². The first kappa shape index (κ1) is 13.7. The van der Waals surface area contributed by atoms with E-state index >= 15 is 0 Å². The molecule has 0 radical (unpaired) electrons. The predicted molar refractivity (Wildman–Crippen MR) is 77.2 cm³/mol. The Bertz CT molecular complexity index is 565. The first-order valence-corrected chi connectivity index (χ1v) is 7.06. The summed E-state index contributed by atoms with van der Waals surface area (Å²) in [6.07, 6.45) is 0.708. The summed E-state index contributed by atoms with van der Waals surface area (Å²) in [5.41, 5.74) is 8.22. The summed E-state index contributed by atoms with van der Waals surface area (Å²) >= 11 is 1.56. The highest BCUT2D eigenvalue weighted by molar-refractivity contribution is 7.09. The lowest BCUT2D eigenvalue weighted by Crippen LogP contribution is -2.24. The Kier molecular flexibility index (Phi) is 4.65. The molecule has 0 bridgehead atoms. The van der Waals surface area contributed by atoms with Crippen LogP contribution in [0.15, 0.2) is 29.6 Å². The molecule has 0 atom stereocenters. The summed E-state index contributed by atoms with van der Waals surface area (Å²) in [5, 5.41) is 5.79. The molecular formula is C14H17N3OS. The van der Waals surface area contributed by atoms with Gasteiger partial charge in [0.05, 0.1) is 6.54 Å². The second-order valence-electron chi connectivity index (χ2n) is 4.26. The molecule has 1 heterocycles. The molecule has 0 aliphatic heterocycles. The molecule has 5 heteroatoms. The molecule has 2 rings (SSSR count). The minimum Gasteiger partial charge on any atom is -0.346 e. The lowest BCUT2D eigenvalue weighted by atomic mass is 10.0. The van der Waals surface area contributed by atoms with Crippen molar-refractivity contribution in [1.29, 1.82) is 0 Å². The Labute approximate surface area is 116 Å². The maximum absolute atomic E-state index is 12.1. The summed E-state index contributed by atoms with van der Waals surface area (Å²) in [6.45, 7) is 2.95. The van der Waals surface area contributed by atoms with Crippen LogP contribution in [0.5, 0.6) is 0 Å². The van der Waals surface area contributed by atoms with Gasteiger partial charge < -0.3 is 11.1 Å². The van der Waals surface area contributed by atoms with Crippen LogP contribution in [0.1, 0.15) is 26.6 Å². The van der Waals surface area contributed by atoms with Crippen LogP contribution in [0.25, 0.3) is 0 Å². The lowest BCUT2D eigenvalue weighted by molar-refractivity contribution is 0.0950. The second kappa shape index (κ2) is 6.45. The quantitative estimate of drug-likeness (QED) is 0.875. The normalized spacial score (nSPS) is 10.4. The zero-order valence-corrected chi connectivity index (χ0v) is 11.7. The van der Waals surface area contributed by atoms with Gasteiger partial charge in [-0.1, -0.05) is 18.2 Å². The molecule has 0 fully saturated rings. The minimum atomic E-state index is -0.0723. The number of nitrogens with two attached hydrogens (primary N) is 1. The Morgan fingerprint density at radius 3 is 2.89 bits per heavy atom. The third-order valence-electron chi connectivity index (χ3n) is 2.74. The van der Waals surface area contributed by atoms with E-state index in [1.165, 1.54) is 0 Å². The number of carbonyl (C=O) groups is 1. The maximum Gasteiger partial charge on any atom is 0.251 e. The number of benzene rings is 1. The van der Waals surface area contributed by atoms with E-state index in [0.29, 0.717) is 25.1 Å². The SMILES string of the molecule is Cc1csc(CNC(=O)c2ccccc2CCN)n1. The van der Waals surface area contributed by atoms with E-state index in [4.69, 9.17) is 5.73 Å². The number of aryl methyl sites for hydroxylation is 1. The first-order chi connectivity index (χ1) is 9.20. The number of rotatable bonds is 5. The second-order valence-corrected chi connectivity index (χ2v) is 5.20. The van der Waals surface area contributed by atoms with Gasteiger partial charge in [0.2, 0.25) is 0 Å². The standard InChI is InChI=1S/C14H17N3OS/c1-10-9-19-13(17-10)8-16-14(18)12-5-3-2-4-11(12)6-7-15/h2-5,9H,6-8,15H2,1H3,(H,16,18). The van der Waals surface area contributed by atoms with Crippen molar-refractivity contribution in [3.8, 4) is 0 Å². The van der Waals surface area contributed by atoms with E-state index in [2.05, 4.69) is 10.3 Å². The molecule has 0 saturated carbocycles. The molecule has 0 aliphatic carbocycles. The van der Waals surface area contributed by atoms with Gasteiger partial charge in [0, 0.05) is 16.6 Å². The van der Waals surface area contributed by atoms with Crippen molar-refractivity contribution in [1.82, 2.24) is 10.3 Å². The van der Waals surface area contributed by atoms with Crippen LogP contribution in [0.3, 0.4) is 0 Å². The zero-order chi connectivity index (χ0) is 13.7. The fraction of sp³-hybridized carbons (Fsp3) is 0.286. The van der Waals surface area contributed by atoms with Crippen molar-refractivity contribution < 1.29 is 4.79 Å². The number of hydrogen-bond donors (Lipinski definition) is 2. The molecule has 19 heavy (non-hydrogen) atoms. The molecule has 0 unspecified atom stereocenters. The average Bonchev–Trinajstić information content (AvgIpc) is 2.83. The highest BCUT2D eigenvalue weighted by atomic mass is 32.1. The fourth-order valence-electron chi connectivity index (χ4n) is 1.85. The topological polar surface area (TPSA) is 68.0 Å². The average molecular weight is 275 g/mol. The molecule has 1 aromatic heterocycles. The lowest BCUT2D eigenvalue weighted by Gasteiger charge is -2.08. The fourth-order valence-corrected chi connectivity index (χ4v) is 2.56. The Balaban J connectivity index is 2.03. The van der Waals surface area contributed by atoms with E-state index in [9.17, 15) is 4.79 Å². The number of aromatic nitrogens is 1. The van der Waals surface area contributed by atoms with Crippen molar-refractivity contribution in [2.75, 3.05) is 6.54 Å². The van der Waals surface area contributed by atoms with Gasteiger partial charge in [-0.15, -0.1) is 11.3 Å². The Morgan fingerprint density at radius 2 is 2.21 bits per heavy atom. The molecule has 1 amide bonds. The van der Waals surface area contributed by atoms with E-state index < -0.39 is 0 Å². The van der Waals surface area contributed by atoms with Crippen molar-refractivity contribution in [3.05, 3.63) is 51.5 Å².